The molecule has 0 aromatic carbocycles. The molecule has 1 saturated carbocycles. The highest BCUT2D eigenvalue weighted by atomic mass is 19.1. The van der Waals surface area contributed by atoms with Gasteiger partial charge < -0.3 is 0 Å². The van der Waals surface area contributed by atoms with Crippen LogP contribution in [0.5, 0.6) is 0 Å². The molecule has 0 saturated heterocycles. The largest absolute Gasteiger partial charge is 0.244 e. The highest BCUT2D eigenvalue weighted by Gasteiger charge is 2.34. The van der Waals surface area contributed by atoms with Crippen LogP contribution in [0.4, 0.5) is 4.39 Å². The van der Waals surface area contributed by atoms with E-state index in [-0.39, 0.29) is 0 Å². The van der Waals surface area contributed by atoms with Crippen molar-refractivity contribution in [2.45, 2.75) is 58.5 Å². The average Bonchev–Trinajstić information content (AvgIpc) is 1.82. The fourth-order valence-electron chi connectivity index (χ4n) is 2.78. The molecule has 0 aromatic heterocycles. The third-order valence-electron chi connectivity index (χ3n) is 2.92. The SMILES string of the molecule is CCCC1CC(C)CC(C)(F)C1. The van der Waals surface area contributed by atoms with Crippen LogP contribution in [-0.2, 0) is 0 Å². The fourth-order valence-corrected chi connectivity index (χ4v) is 2.78. The van der Waals surface area contributed by atoms with Crippen molar-refractivity contribution in [2.75, 3.05) is 0 Å². The average molecular weight is 172 g/mol. The smallest absolute Gasteiger partial charge is 0.108 e. The Hall–Kier alpha value is -0.0700. The summed E-state index contributed by atoms with van der Waals surface area (Å²) in [5.74, 6) is 1.24. The summed E-state index contributed by atoms with van der Waals surface area (Å²) < 4.78 is 13.7. The van der Waals surface area contributed by atoms with Gasteiger partial charge in [0.15, 0.2) is 0 Å². The molecule has 0 aliphatic heterocycles. The monoisotopic (exact) mass is 172 g/mol. The lowest BCUT2D eigenvalue weighted by atomic mass is 9.73. The Morgan fingerprint density at radius 3 is 2.58 bits per heavy atom. The van der Waals surface area contributed by atoms with Crippen molar-refractivity contribution in [3.63, 3.8) is 0 Å². The molecule has 0 spiro atoms. The van der Waals surface area contributed by atoms with E-state index in [1.807, 2.05) is 0 Å². The van der Waals surface area contributed by atoms with E-state index in [9.17, 15) is 4.39 Å². The Kier molecular flexibility index (Phi) is 3.14. The molecule has 1 heteroatoms. The first-order valence-electron chi connectivity index (χ1n) is 5.22. The predicted molar refractivity (Wildman–Crippen MR) is 50.9 cm³/mol. The summed E-state index contributed by atoms with van der Waals surface area (Å²) in [6.45, 7) is 6.14. The second kappa shape index (κ2) is 3.76. The highest BCUT2D eigenvalue weighted by molar-refractivity contribution is 4.85. The van der Waals surface area contributed by atoms with Gasteiger partial charge in [-0.05, 0) is 38.0 Å². The number of rotatable bonds is 2. The zero-order chi connectivity index (χ0) is 9.19. The predicted octanol–water partition coefficient (Wildman–Crippen LogP) is 3.95. The van der Waals surface area contributed by atoms with Gasteiger partial charge in [0, 0.05) is 0 Å². The Bertz CT molecular complexity index is 140. The van der Waals surface area contributed by atoms with Crippen LogP contribution in [-0.4, -0.2) is 5.67 Å². The van der Waals surface area contributed by atoms with Crippen molar-refractivity contribution < 1.29 is 4.39 Å². The molecule has 1 aliphatic rings. The van der Waals surface area contributed by atoms with Gasteiger partial charge in [-0.15, -0.1) is 0 Å². The van der Waals surface area contributed by atoms with Crippen LogP contribution in [0.2, 0.25) is 0 Å². The maximum Gasteiger partial charge on any atom is 0.108 e. The van der Waals surface area contributed by atoms with Crippen LogP contribution in [0.25, 0.3) is 0 Å². The molecule has 72 valence electrons. The molecule has 1 fully saturated rings. The first kappa shape index (κ1) is 10.0. The summed E-state index contributed by atoms with van der Waals surface area (Å²) >= 11 is 0. The van der Waals surface area contributed by atoms with Crippen LogP contribution in [0.15, 0.2) is 0 Å². The van der Waals surface area contributed by atoms with Gasteiger partial charge in [-0.2, -0.15) is 0 Å². The van der Waals surface area contributed by atoms with Crippen LogP contribution in [0, 0.1) is 11.8 Å². The number of halogens is 1. The van der Waals surface area contributed by atoms with Crippen LogP contribution in [0.3, 0.4) is 0 Å². The van der Waals surface area contributed by atoms with Gasteiger partial charge >= 0.3 is 0 Å². The quantitative estimate of drug-likeness (QED) is 0.591. The van der Waals surface area contributed by atoms with Gasteiger partial charge in [-0.3, -0.25) is 0 Å². The van der Waals surface area contributed by atoms with Crippen molar-refractivity contribution in [1.29, 1.82) is 0 Å². The summed E-state index contributed by atoms with van der Waals surface area (Å²) in [5, 5.41) is 0. The zero-order valence-electron chi connectivity index (χ0n) is 8.57. The summed E-state index contributed by atoms with van der Waals surface area (Å²) in [5.41, 5.74) is -0.877. The molecular weight excluding hydrogens is 151 g/mol. The fraction of sp³-hybridized carbons (Fsp3) is 1.00. The summed E-state index contributed by atoms with van der Waals surface area (Å²) in [7, 11) is 0. The van der Waals surface area contributed by atoms with Crippen molar-refractivity contribution in [1.82, 2.24) is 0 Å². The Morgan fingerprint density at radius 2 is 2.08 bits per heavy atom. The van der Waals surface area contributed by atoms with E-state index in [1.165, 1.54) is 19.3 Å². The van der Waals surface area contributed by atoms with Crippen molar-refractivity contribution in [3.8, 4) is 0 Å². The molecule has 3 unspecified atom stereocenters. The molecule has 0 aromatic rings. The van der Waals surface area contributed by atoms with E-state index in [4.69, 9.17) is 0 Å². The molecule has 3 atom stereocenters. The third-order valence-corrected chi connectivity index (χ3v) is 2.92. The number of alkyl halides is 1. The Balaban J connectivity index is 2.46. The molecule has 0 N–H and O–H groups in total. The topological polar surface area (TPSA) is 0 Å². The third kappa shape index (κ3) is 2.76. The lowest BCUT2D eigenvalue weighted by Crippen LogP contribution is -2.31. The van der Waals surface area contributed by atoms with Crippen molar-refractivity contribution in [2.24, 2.45) is 11.8 Å². The van der Waals surface area contributed by atoms with Gasteiger partial charge in [0.25, 0.3) is 0 Å². The molecule has 0 nitrogen and oxygen atoms in total. The number of hydrogen-bond donors (Lipinski definition) is 0. The standard InChI is InChI=1S/C11H21F/c1-4-5-10-6-9(2)7-11(3,12)8-10/h9-10H,4-8H2,1-3H3. The lowest BCUT2D eigenvalue weighted by Gasteiger charge is -2.35. The zero-order valence-corrected chi connectivity index (χ0v) is 8.57. The molecule has 0 bridgehead atoms. The normalized spacial score (nSPS) is 43.0. The Labute approximate surface area is 75.5 Å². The van der Waals surface area contributed by atoms with Gasteiger partial charge in [0.2, 0.25) is 0 Å². The first-order chi connectivity index (χ1) is 5.53. The van der Waals surface area contributed by atoms with Crippen LogP contribution in [0.1, 0.15) is 52.9 Å². The van der Waals surface area contributed by atoms with Crippen molar-refractivity contribution in [3.05, 3.63) is 0 Å². The van der Waals surface area contributed by atoms with Crippen molar-refractivity contribution >= 4 is 0 Å². The van der Waals surface area contributed by atoms with Crippen LogP contribution >= 0.6 is 0 Å². The van der Waals surface area contributed by atoms with Gasteiger partial charge in [0.05, 0.1) is 0 Å². The van der Waals surface area contributed by atoms with E-state index in [1.54, 1.807) is 6.92 Å². The second-order valence-electron chi connectivity index (χ2n) is 4.82. The van der Waals surface area contributed by atoms with Gasteiger partial charge in [0.1, 0.15) is 5.67 Å². The van der Waals surface area contributed by atoms with E-state index in [0.717, 1.165) is 12.8 Å². The van der Waals surface area contributed by atoms with E-state index >= 15 is 0 Å². The minimum absolute atomic E-state index is 0.588. The summed E-state index contributed by atoms with van der Waals surface area (Å²) in [6, 6.07) is 0. The minimum Gasteiger partial charge on any atom is -0.244 e. The highest BCUT2D eigenvalue weighted by Crippen LogP contribution is 2.40. The molecule has 12 heavy (non-hydrogen) atoms. The molecule has 0 amide bonds. The van der Waals surface area contributed by atoms with E-state index in [0.29, 0.717) is 11.8 Å². The molecular formula is C11H21F. The van der Waals surface area contributed by atoms with E-state index < -0.39 is 5.67 Å². The van der Waals surface area contributed by atoms with Gasteiger partial charge in [-0.25, -0.2) is 4.39 Å². The Morgan fingerprint density at radius 1 is 1.42 bits per heavy atom. The molecule has 1 rings (SSSR count). The molecule has 1 aliphatic carbocycles. The van der Waals surface area contributed by atoms with Gasteiger partial charge in [-0.1, -0.05) is 26.7 Å². The molecule has 0 radical (unpaired) electrons. The van der Waals surface area contributed by atoms with E-state index in [2.05, 4.69) is 13.8 Å². The summed E-state index contributed by atoms with van der Waals surface area (Å²) in [6.07, 6.45) is 5.23. The second-order valence-corrected chi connectivity index (χ2v) is 4.82. The minimum atomic E-state index is -0.877. The first-order valence-corrected chi connectivity index (χ1v) is 5.22. The lowest BCUT2D eigenvalue weighted by molar-refractivity contribution is 0.0611. The number of hydrogen-bond acceptors (Lipinski definition) is 0. The summed E-state index contributed by atoms with van der Waals surface area (Å²) in [4.78, 5) is 0. The maximum absolute atomic E-state index is 13.7. The van der Waals surface area contributed by atoms with Crippen LogP contribution < -0.4 is 0 Å². The maximum atomic E-state index is 13.7. The molecule has 0 heterocycles.